The van der Waals surface area contributed by atoms with E-state index in [9.17, 15) is 9.59 Å². The fraction of sp³-hybridized carbons (Fsp3) is 0.120. The Kier molecular flexibility index (Phi) is 5.77. The average Bonchev–Trinajstić information content (AvgIpc) is 3.23. The number of aromatic nitrogens is 3. The number of hydrogen-bond acceptors (Lipinski definition) is 6. The highest BCUT2D eigenvalue weighted by Crippen LogP contribution is 2.26. The zero-order valence-electron chi connectivity index (χ0n) is 18.4. The largest absolute Gasteiger partial charge is 0.348 e. The van der Waals surface area contributed by atoms with Crippen molar-refractivity contribution in [1.82, 2.24) is 19.9 Å². The third-order valence-corrected chi connectivity index (χ3v) is 6.68. The van der Waals surface area contributed by atoms with Gasteiger partial charge in [0.15, 0.2) is 0 Å². The molecule has 0 spiro atoms. The van der Waals surface area contributed by atoms with Crippen molar-refractivity contribution in [3.05, 3.63) is 98.3 Å². The Labute approximate surface area is 204 Å². The molecule has 2 heterocycles. The minimum absolute atomic E-state index is 0.273. The molecule has 0 unspecified atom stereocenters. The number of nitrogens with zero attached hydrogens (tertiary/aromatic N) is 3. The predicted octanol–water partition coefficient (Wildman–Crippen LogP) is 5.25. The number of aryl methyl sites for hydroxylation is 2. The number of halogens is 1. The lowest BCUT2D eigenvalue weighted by atomic mass is 10.1. The summed E-state index contributed by atoms with van der Waals surface area (Å²) >= 11 is 7.44. The molecule has 0 atom stereocenters. The summed E-state index contributed by atoms with van der Waals surface area (Å²) in [6.45, 7) is 4.32. The van der Waals surface area contributed by atoms with Gasteiger partial charge < -0.3 is 10.6 Å². The number of benzene rings is 3. The van der Waals surface area contributed by atoms with Gasteiger partial charge in [0.1, 0.15) is 0 Å². The molecule has 1 amide bonds. The van der Waals surface area contributed by atoms with E-state index in [-0.39, 0.29) is 11.5 Å². The zero-order chi connectivity index (χ0) is 23.8. The van der Waals surface area contributed by atoms with Crippen molar-refractivity contribution in [3.63, 3.8) is 0 Å². The number of carbonyl (C=O) groups is 1. The molecule has 0 bridgehead atoms. The number of amides is 1. The summed E-state index contributed by atoms with van der Waals surface area (Å²) in [6, 6.07) is 18.3. The number of carbonyl (C=O) groups excluding carboxylic acids is 1. The summed E-state index contributed by atoms with van der Waals surface area (Å²) < 4.78 is 1.29. The lowest BCUT2D eigenvalue weighted by Gasteiger charge is -2.07. The van der Waals surface area contributed by atoms with Crippen molar-refractivity contribution in [1.29, 1.82) is 0 Å². The van der Waals surface area contributed by atoms with Gasteiger partial charge in [0.25, 0.3) is 11.5 Å². The van der Waals surface area contributed by atoms with Gasteiger partial charge in [-0.25, -0.2) is 4.98 Å². The fourth-order valence-electron chi connectivity index (χ4n) is 3.61. The quantitative estimate of drug-likeness (QED) is 0.352. The predicted molar refractivity (Wildman–Crippen MR) is 136 cm³/mol. The second-order valence-electron chi connectivity index (χ2n) is 7.97. The molecule has 9 heteroatoms. The summed E-state index contributed by atoms with van der Waals surface area (Å²) in [6.07, 6.45) is 0. The molecule has 2 N–H and O–H groups in total. The van der Waals surface area contributed by atoms with E-state index in [1.165, 1.54) is 15.9 Å². The average molecular weight is 490 g/mol. The fourth-order valence-corrected chi connectivity index (χ4v) is 4.62. The van der Waals surface area contributed by atoms with Crippen molar-refractivity contribution >= 4 is 55.5 Å². The van der Waals surface area contributed by atoms with E-state index in [4.69, 9.17) is 11.6 Å². The molecule has 0 saturated heterocycles. The van der Waals surface area contributed by atoms with Gasteiger partial charge in [0.2, 0.25) is 10.1 Å². The summed E-state index contributed by atoms with van der Waals surface area (Å²) in [5, 5.41) is 12.1. The number of rotatable bonds is 5. The van der Waals surface area contributed by atoms with Gasteiger partial charge >= 0.3 is 0 Å². The summed E-state index contributed by atoms with van der Waals surface area (Å²) in [5.74, 6) is -0.273. The van der Waals surface area contributed by atoms with Gasteiger partial charge in [-0.1, -0.05) is 53.3 Å². The molecule has 5 aromatic rings. The van der Waals surface area contributed by atoms with Gasteiger partial charge in [-0.3, -0.25) is 9.59 Å². The molecule has 3 aromatic carbocycles. The van der Waals surface area contributed by atoms with Gasteiger partial charge in [-0.15, -0.1) is 5.10 Å². The molecular formula is C25H20ClN5O2S. The smallest absolute Gasteiger partial charge is 0.283 e. The van der Waals surface area contributed by atoms with Gasteiger partial charge in [0.05, 0.1) is 10.9 Å². The molecule has 34 heavy (non-hydrogen) atoms. The van der Waals surface area contributed by atoms with Crippen molar-refractivity contribution in [2.75, 3.05) is 5.32 Å². The normalized spacial score (nSPS) is 11.1. The Bertz CT molecular complexity index is 1630. The van der Waals surface area contributed by atoms with Crippen molar-refractivity contribution in [2.45, 2.75) is 20.4 Å². The van der Waals surface area contributed by atoms with Crippen LogP contribution in [-0.4, -0.2) is 20.5 Å². The maximum atomic E-state index is 13.0. The topological polar surface area (TPSA) is 88.4 Å². The third kappa shape index (κ3) is 4.25. The molecule has 0 aliphatic rings. The molecule has 0 aliphatic carbocycles. The van der Waals surface area contributed by atoms with E-state index in [0.717, 1.165) is 22.4 Å². The van der Waals surface area contributed by atoms with Gasteiger partial charge in [-0.05, 0) is 60.9 Å². The van der Waals surface area contributed by atoms with Crippen LogP contribution in [0.2, 0.25) is 5.02 Å². The molecule has 0 saturated carbocycles. The first-order valence-corrected chi connectivity index (χ1v) is 11.8. The third-order valence-electron chi connectivity index (χ3n) is 5.49. The molecular weight excluding hydrogens is 470 g/mol. The SMILES string of the molecule is Cc1ccc(C)c(Nc2nn3c(=O)c4ccc(C(=O)NCc5ccccc5Cl)cc4nc3s2)c1. The van der Waals surface area contributed by atoms with Crippen LogP contribution in [0.3, 0.4) is 0 Å². The number of anilines is 2. The summed E-state index contributed by atoms with van der Waals surface area (Å²) in [4.78, 5) is 30.8. The van der Waals surface area contributed by atoms with Crippen LogP contribution in [0.4, 0.5) is 10.8 Å². The highest BCUT2D eigenvalue weighted by molar-refractivity contribution is 7.20. The number of hydrogen-bond donors (Lipinski definition) is 2. The Morgan fingerprint density at radius 3 is 2.74 bits per heavy atom. The maximum Gasteiger partial charge on any atom is 0.283 e. The van der Waals surface area contributed by atoms with Crippen molar-refractivity contribution < 1.29 is 4.79 Å². The van der Waals surface area contributed by atoms with E-state index < -0.39 is 0 Å². The molecule has 0 radical (unpaired) electrons. The lowest BCUT2D eigenvalue weighted by molar-refractivity contribution is 0.0951. The second kappa shape index (κ2) is 8.89. The first kappa shape index (κ1) is 22.1. The van der Waals surface area contributed by atoms with Gasteiger partial charge in [0, 0.05) is 22.8 Å². The van der Waals surface area contributed by atoms with Crippen LogP contribution >= 0.6 is 22.9 Å². The summed E-state index contributed by atoms with van der Waals surface area (Å²) in [7, 11) is 0. The van der Waals surface area contributed by atoms with Crippen molar-refractivity contribution in [3.8, 4) is 0 Å². The Morgan fingerprint density at radius 1 is 1.09 bits per heavy atom. The lowest BCUT2D eigenvalue weighted by Crippen LogP contribution is -2.23. The minimum atomic E-state index is -0.284. The van der Waals surface area contributed by atoms with E-state index in [1.807, 2.05) is 50.2 Å². The van der Waals surface area contributed by atoms with Crippen LogP contribution < -0.4 is 16.2 Å². The Balaban J connectivity index is 1.44. The van der Waals surface area contributed by atoms with E-state index in [0.29, 0.717) is 38.1 Å². The minimum Gasteiger partial charge on any atom is -0.348 e. The first-order valence-electron chi connectivity index (χ1n) is 10.6. The Morgan fingerprint density at radius 2 is 1.91 bits per heavy atom. The van der Waals surface area contributed by atoms with Crippen molar-refractivity contribution in [2.24, 2.45) is 0 Å². The van der Waals surface area contributed by atoms with Crippen LogP contribution in [0.15, 0.2) is 65.5 Å². The van der Waals surface area contributed by atoms with E-state index in [1.54, 1.807) is 24.3 Å². The standard InChI is InChI=1S/C25H20ClN5O2S/c1-14-7-8-15(2)20(11-14)28-24-30-31-23(33)18-10-9-16(12-21(18)29-25(31)34-24)22(32)27-13-17-5-3-4-6-19(17)26/h3-12H,13H2,1-2H3,(H,27,32)(H,28,30). The van der Waals surface area contributed by atoms with E-state index in [2.05, 4.69) is 20.7 Å². The summed E-state index contributed by atoms with van der Waals surface area (Å²) in [5.41, 5.74) is 4.51. The molecule has 0 aliphatic heterocycles. The highest BCUT2D eigenvalue weighted by atomic mass is 35.5. The number of nitrogens with one attached hydrogen (secondary N) is 2. The molecule has 2 aromatic heterocycles. The van der Waals surface area contributed by atoms with Crippen LogP contribution in [0.25, 0.3) is 15.9 Å². The van der Waals surface area contributed by atoms with E-state index >= 15 is 0 Å². The van der Waals surface area contributed by atoms with Gasteiger partial charge in [-0.2, -0.15) is 4.52 Å². The first-order chi connectivity index (χ1) is 16.4. The molecule has 170 valence electrons. The molecule has 0 fully saturated rings. The van der Waals surface area contributed by atoms with Crippen LogP contribution in [-0.2, 0) is 6.54 Å². The second-order valence-corrected chi connectivity index (χ2v) is 9.33. The Hall–Kier alpha value is -3.75. The molecule has 7 nitrogen and oxygen atoms in total. The van der Waals surface area contributed by atoms with Crippen LogP contribution in [0.1, 0.15) is 27.0 Å². The maximum absolute atomic E-state index is 13.0. The zero-order valence-corrected chi connectivity index (χ0v) is 20.0. The number of fused-ring (bicyclic) bond motifs is 2. The monoisotopic (exact) mass is 489 g/mol. The van der Waals surface area contributed by atoms with Crippen LogP contribution in [0.5, 0.6) is 0 Å². The van der Waals surface area contributed by atoms with Crippen LogP contribution in [0, 0.1) is 13.8 Å². The highest BCUT2D eigenvalue weighted by Gasteiger charge is 2.14. The molecule has 5 rings (SSSR count).